The molecule has 0 radical (unpaired) electrons. The van der Waals surface area contributed by atoms with Crippen molar-refractivity contribution in [2.45, 2.75) is 315 Å². The molecule has 0 amide bonds. The summed E-state index contributed by atoms with van der Waals surface area (Å²) in [4.78, 5) is 0. The highest BCUT2D eigenvalue weighted by atomic mass is 14.1. The first-order chi connectivity index (χ1) is 33.3. The van der Waals surface area contributed by atoms with E-state index in [-0.39, 0.29) is 0 Å². The van der Waals surface area contributed by atoms with Gasteiger partial charge in [0.05, 0.1) is 0 Å². The van der Waals surface area contributed by atoms with Crippen LogP contribution in [0.15, 0.2) is 0 Å². The van der Waals surface area contributed by atoms with Crippen molar-refractivity contribution >= 4 is 0 Å². The Bertz CT molecular complexity index is 952. The van der Waals surface area contributed by atoms with Gasteiger partial charge in [-0.1, -0.05) is 277 Å². The van der Waals surface area contributed by atoms with Gasteiger partial charge in [-0.25, -0.2) is 0 Å². The van der Waals surface area contributed by atoms with Gasteiger partial charge in [-0.05, 0) is 110 Å². The zero-order valence-electron chi connectivity index (χ0n) is 59.8. The van der Waals surface area contributed by atoms with Crippen LogP contribution >= 0.6 is 0 Å². The van der Waals surface area contributed by atoms with Gasteiger partial charge in [-0.15, -0.1) is 47.4 Å². The van der Waals surface area contributed by atoms with Crippen LogP contribution in [0.1, 0.15) is 315 Å². The molecule has 0 nitrogen and oxygen atoms in total. The maximum atomic E-state index is 3.09. The molecule has 448 valence electrons. The Morgan fingerprint density at radius 2 is 0.176 bits per heavy atom. The molecule has 0 heteroatoms. The van der Waals surface area contributed by atoms with Gasteiger partial charge in [0.25, 0.3) is 0 Å². The van der Waals surface area contributed by atoms with Crippen molar-refractivity contribution in [3.63, 3.8) is 0 Å². The van der Waals surface area contributed by atoms with E-state index in [0.29, 0.717) is 47.3 Å². The first-order valence-electron chi connectivity index (χ1n) is 31.3. The molecule has 0 aromatic carbocycles. The van der Waals surface area contributed by atoms with E-state index in [2.05, 4.69) is 324 Å². The highest BCUT2D eigenvalue weighted by Gasteiger charge is 1.99. The third-order valence-corrected chi connectivity index (χ3v) is 8.30. The molecule has 0 heterocycles. The van der Waals surface area contributed by atoms with E-state index in [1.165, 1.54) is 38.5 Å². The maximum absolute atomic E-state index is 3.09. The normalized spacial score (nSPS) is 10.3. The lowest BCUT2D eigenvalue weighted by atomic mass is 10.0. The van der Waals surface area contributed by atoms with E-state index in [1.54, 1.807) is 0 Å². The predicted molar refractivity (Wildman–Crippen MR) is 356 cm³/mol. The lowest BCUT2D eigenvalue weighted by Gasteiger charge is -2.05. The van der Waals surface area contributed by atoms with Crippen LogP contribution in [-0.2, 0) is 0 Å². The molecule has 74 heavy (non-hydrogen) atoms. The molecule has 0 rings (SSSR count). The molecule has 0 aromatic heterocycles. The van der Waals surface area contributed by atoms with Crippen molar-refractivity contribution in [2.75, 3.05) is 0 Å². The number of hydrogen-bond donors (Lipinski definition) is 0. The summed E-state index contributed by atoms with van der Waals surface area (Å²) in [5.41, 5.74) is 0. The van der Waals surface area contributed by atoms with E-state index in [1.807, 2.05) is 0 Å². The van der Waals surface area contributed by atoms with Gasteiger partial charge < -0.3 is 0 Å². The first kappa shape index (κ1) is 94.6. The van der Waals surface area contributed by atoms with Crippen LogP contribution in [0.2, 0.25) is 0 Å². The molecule has 0 spiro atoms. The molecule has 0 bridgehead atoms. The minimum atomic E-state index is 0.525. The fourth-order valence-corrected chi connectivity index (χ4v) is 6.99. The smallest absolute Gasteiger partial charge is 0.0146 e. The summed E-state index contributed by atoms with van der Waals surface area (Å²) in [7, 11) is 0. The van der Waals surface area contributed by atoms with Gasteiger partial charge in [-0.3, -0.25) is 0 Å². The van der Waals surface area contributed by atoms with Crippen LogP contribution < -0.4 is 0 Å². The maximum Gasteiger partial charge on any atom is 0.0146 e. The summed E-state index contributed by atoms with van der Waals surface area (Å²) in [6.45, 7) is 88.0. The van der Waals surface area contributed by atoms with Crippen LogP contribution in [0.3, 0.4) is 0 Å². The average molecular weight is 1040 g/mol. The Hall–Kier alpha value is -1.76. The SMILES string of the molecule is CC(C)C#CC(C)C.CC(C)C#CC(C)C.CC(C)C#CC(C)C.CC(C)C#CC(C)C.CC(C)CC(C)C.CC(C)CC(C)C.CC(C)CC(C)C.CC(C)CC(C)C.CC(C)CC(C)C.CC(C)CC(C)C. The first-order valence-corrected chi connectivity index (χ1v) is 31.3. The van der Waals surface area contributed by atoms with E-state index < -0.39 is 0 Å². The summed E-state index contributed by atoms with van der Waals surface area (Å²) in [6.07, 6.45) is 8.17. The monoisotopic (exact) mass is 1040 g/mol. The fraction of sp³-hybridized carbons (Fsp3) is 0.892. The largest absolute Gasteiger partial charge is 0.100 e. The number of hydrogen-bond acceptors (Lipinski definition) is 0. The quantitative estimate of drug-likeness (QED) is 0.171. The Balaban J connectivity index is -0.0000000769. The Morgan fingerprint density at radius 3 is 0.189 bits per heavy atom. The summed E-state index contributed by atoms with van der Waals surface area (Å²) in [6, 6.07) is 0. The third-order valence-electron chi connectivity index (χ3n) is 8.30. The minimum Gasteiger partial charge on any atom is -0.100 e. The Labute approximate surface area is 478 Å². The second-order valence-corrected chi connectivity index (χ2v) is 28.5. The molecule has 0 aliphatic heterocycles. The molecular formula is C74H152. The summed E-state index contributed by atoms with van der Waals surface area (Å²) >= 11 is 0. The highest BCUT2D eigenvalue weighted by Crippen LogP contribution is 2.11. The standard InChI is InChI=1S/4C8H14.6C7H16/c4*1-7(2)5-6-8(3)4;6*1-6(2)5-7(3)4/h4*7-8H,1-4H3;6*6-7H,5H2,1-4H3. The van der Waals surface area contributed by atoms with Crippen molar-refractivity contribution in [1.29, 1.82) is 0 Å². The van der Waals surface area contributed by atoms with Gasteiger partial charge in [0.15, 0.2) is 0 Å². The van der Waals surface area contributed by atoms with Crippen molar-refractivity contribution in [1.82, 2.24) is 0 Å². The van der Waals surface area contributed by atoms with E-state index in [9.17, 15) is 0 Å². The molecule has 0 aromatic rings. The van der Waals surface area contributed by atoms with Gasteiger partial charge in [0.2, 0.25) is 0 Å². The average Bonchev–Trinajstić information content (AvgIpc) is 3.13. The molecule has 0 fully saturated rings. The van der Waals surface area contributed by atoms with E-state index in [0.717, 1.165) is 71.0 Å². The van der Waals surface area contributed by atoms with Crippen molar-refractivity contribution in [3.05, 3.63) is 0 Å². The number of rotatable bonds is 12. The Kier molecular flexibility index (Phi) is 86.1. The van der Waals surface area contributed by atoms with Gasteiger partial charge in [0, 0.05) is 47.3 Å². The fourth-order valence-electron chi connectivity index (χ4n) is 6.99. The third kappa shape index (κ3) is 189. The van der Waals surface area contributed by atoms with Crippen LogP contribution in [0.4, 0.5) is 0 Å². The molecular weight excluding hydrogens is 889 g/mol. The van der Waals surface area contributed by atoms with Crippen LogP contribution in [0.5, 0.6) is 0 Å². The van der Waals surface area contributed by atoms with E-state index in [4.69, 9.17) is 0 Å². The van der Waals surface area contributed by atoms with Gasteiger partial charge in [-0.2, -0.15) is 0 Å². The highest BCUT2D eigenvalue weighted by molar-refractivity contribution is 5.04. The van der Waals surface area contributed by atoms with Gasteiger partial charge in [0.1, 0.15) is 0 Å². The lowest BCUT2D eigenvalue weighted by molar-refractivity contribution is 0.469. The summed E-state index contributed by atoms with van der Waals surface area (Å²) < 4.78 is 0. The minimum absolute atomic E-state index is 0.525. The summed E-state index contributed by atoms with van der Waals surface area (Å²) in [5.74, 6) is 39.5. The lowest BCUT2D eigenvalue weighted by Crippen LogP contribution is -1.93. The van der Waals surface area contributed by atoms with Crippen LogP contribution in [0.25, 0.3) is 0 Å². The van der Waals surface area contributed by atoms with Crippen molar-refractivity contribution in [3.8, 4) is 47.4 Å². The second-order valence-electron chi connectivity index (χ2n) is 28.5. The molecule has 0 N–H and O–H groups in total. The predicted octanol–water partition coefficient (Wildman–Crippen LogP) is 25.3. The Morgan fingerprint density at radius 1 is 0.122 bits per heavy atom. The van der Waals surface area contributed by atoms with Crippen molar-refractivity contribution in [2.24, 2.45) is 118 Å². The van der Waals surface area contributed by atoms with E-state index >= 15 is 0 Å². The van der Waals surface area contributed by atoms with Crippen LogP contribution in [-0.4, -0.2) is 0 Å². The van der Waals surface area contributed by atoms with Crippen LogP contribution in [0, 0.1) is 166 Å². The molecule has 0 aliphatic carbocycles. The molecule has 0 atom stereocenters. The summed E-state index contributed by atoms with van der Waals surface area (Å²) in [5, 5.41) is 0. The second kappa shape index (κ2) is 67.3. The van der Waals surface area contributed by atoms with Crippen molar-refractivity contribution < 1.29 is 0 Å². The van der Waals surface area contributed by atoms with Gasteiger partial charge >= 0.3 is 0 Å². The molecule has 0 saturated heterocycles. The molecule has 0 saturated carbocycles. The zero-order valence-corrected chi connectivity index (χ0v) is 59.8. The molecule has 0 aliphatic rings. The topological polar surface area (TPSA) is 0 Å². The zero-order chi connectivity index (χ0) is 61.4. The molecule has 0 unspecified atom stereocenters.